The average molecular weight is 1260 g/mol. The molecule has 0 radical (unpaired) electrons. The van der Waals surface area contributed by atoms with Crippen molar-refractivity contribution in [1.29, 1.82) is 0 Å². The topological polar surface area (TPSA) is 134 Å². The average Bonchev–Trinajstić information content (AvgIpc) is 3.68. The number of phosphoric acid groups is 1. The second-order valence-electron chi connectivity index (χ2n) is 24.8. The van der Waals surface area contributed by atoms with Crippen LogP contribution in [0.1, 0.15) is 348 Å². The molecular formula is C79H140NO8P. The molecule has 0 aromatic rings. The van der Waals surface area contributed by atoms with Crippen LogP contribution in [0.15, 0.2) is 109 Å². The van der Waals surface area contributed by atoms with Crippen molar-refractivity contribution in [1.82, 2.24) is 0 Å². The van der Waals surface area contributed by atoms with E-state index >= 15 is 0 Å². The van der Waals surface area contributed by atoms with Crippen molar-refractivity contribution in [3.8, 4) is 0 Å². The van der Waals surface area contributed by atoms with Gasteiger partial charge in [-0.3, -0.25) is 18.6 Å². The quantitative estimate of drug-likeness (QED) is 0.0264. The molecule has 0 aliphatic heterocycles. The first kappa shape index (κ1) is 85.7. The highest BCUT2D eigenvalue weighted by Gasteiger charge is 2.26. The van der Waals surface area contributed by atoms with Gasteiger partial charge in [-0.25, -0.2) is 4.57 Å². The van der Waals surface area contributed by atoms with Crippen LogP contribution in [0.5, 0.6) is 0 Å². The number of esters is 2. The Balaban J connectivity index is 3.84. The first-order valence-electron chi connectivity index (χ1n) is 37.4. The van der Waals surface area contributed by atoms with Crippen LogP contribution in [0.4, 0.5) is 0 Å². The number of hydrogen-bond acceptors (Lipinski definition) is 8. The molecule has 2 atom stereocenters. The van der Waals surface area contributed by atoms with Gasteiger partial charge in [0.05, 0.1) is 13.2 Å². The van der Waals surface area contributed by atoms with Crippen LogP contribution in [0, 0.1) is 0 Å². The zero-order chi connectivity index (χ0) is 64.4. The van der Waals surface area contributed by atoms with Crippen LogP contribution in [0.2, 0.25) is 0 Å². The van der Waals surface area contributed by atoms with Crippen LogP contribution in [-0.4, -0.2) is 49.3 Å². The van der Waals surface area contributed by atoms with E-state index in [4.69, 9.17) is 24.3 Å². The fourth-order valence-electron chi connectivity index (χ4n) is 10.7. The van der Waals surface area contributed by atoms with Crippen LogP contribution in [-0.2, 0) is 32.7 Å². The molecule has 0 aromatic carbocycles. The van der Waals surface area contributed by atoms with E-state index in [1.54, 1.807) is 0 Å². The van der Waals surface area contributed by atoms with Gasteiger partial charge in [-0.05, 0) is 103 Å². The van der Waals surface area contributed by atoms with Crippen molar-refractivity contribution in [2.45, 2.75) is 354 Å². The molecule has 3 N–H and O–H groups in total. The summed E-state index contributed by atoms with van der Waals surface area (Å²) in [5.74, 6) is -0.820. The largest absolute Gasteiger partial charge is 0.472 e. The Hall–Kier alpha value is -3.33. The molecule has 0 aromatic heterocycles. The highest BCUT2D eigenvalue weighted by molar-refractivity contribution is 7.47. The lowest BCUT2D eigenvalue weighted by molar-refractivity contribution is -0.161. The maximum absolute atomic E-state index is 12.8. The summed E-state index contributed by atoms with van der Waals surface area (Å²) >= 11 is 0. The lowest BCUT2D eigenvalue weighted by Gasteiger charge is -2.19. The van der Waals surface area contributed by atoms with E-state index in [9.17, 15) is 19.0 Å². The molecule has 0 saturated heterocycles. The van der Waals surface area contributed by atoms with E-state index in [-0.39, 0.29) is 38.6 Å². The van der Waals surface area contributed by atoms with Crippen LogP contribution >= 0.6 is 7.82 Å². The monoisotopic (exact) mass is 1260 g/mol. The molecule has 0 aliphatic carbocycles. The molecule has 0 saturated carbocycles. The van der Waals surface area contributed by atoms with Crippen LogP contribution in [0.25, 0.3) is 0 Å². The van der Waals surface area contributed by atoms with Gasteiger partial charge >= 0.3 is 19.8 Å². The van der Waals surface area contributed by atoms with Gasteiger partial charge < -0.3 is 20.1 Å². The number of nitrogens with two attached hydrogens (primary N) is 1. The second-order valence-corrected chi connectivity index (χ2v) is 26.2. The molecule has 0 aliphatic rings. The molecule has 0 heterocycles. The molecule has 2 unspecified atom stereocenters. The molecule has 0 rings (SSSR count). The first-order valence-corrected chi connectivity index (χ1v) is 38.9. The highest BCUT2D eigenvalue weighted by Crippen LogP contribution is 2.43. The van der Waals surface area contributed by atoms with E-state index in [0.29, 0.717) is 6.42 Å². The minimum absolute atomic E-state index is 0.0506. The van der Waals surface area contributed by atoms with Crippen molar-refractivity contribution in [3.05, 3.63) is 109 Å². The highest BCUT2D eigenvalue weighted by atomic mass is 31.2. The minimum atomic E-state index is -4.40. The zero-order valence-electron chi connectivity index (χ0n) is 57.9. The predicted octanol–water partition coefficient (Wildman–Crippen LogP) is 24.9. The van der Waals surface area contributed by atoms with E-state index in [0.717, 1.165) is 89.9 Å². The van der Waals surface area contributed by atoms with Gasteiger partial charge in [0.2, 0.25) is 0 Å². The summed E-state index contributed by atoms with van der Waals surface area (Å²) in [6, 6.07) is 0. The fraction of sp³-hybridized carbons (Fsp3) is 0.747. The summed E-state index contributed by atoms with van der Waals surface area (Å²) in [4.78, 5) is 35.4. The number of carbonyl (C=O) groups is 2. The van der Waals surface area contributed by atoms with Gasteiger partial charge in [0.1, 0.15) is 6.61 Å². The summed E-state index contributed by atoms with van der Waals surface area (Å²) in [5.41, 5.74) is 5.41. The minimum Gasteiger partial charge on any atom is -0.462 e. The van der Waals surface area contributed by atoms with Crippen molar-refractivity contribution in [2.75, 3.05) is 26.4 Å². The summed E-state index contributed by atoms with van der Waals surface area (Å²) in [6.07, 6.45) is 102. The number of unbranched alkanes of at least 4 members (excludes halogenated alkanes) is 39. The first-order chi connectivity index (χ1) is 43.8. The van der Waals surface area contributed by atoms with Gasteiger partial charge in [-0.2, -0.15) is 0 Å². The maximum Gasteiger partial charge on any atom is 0.472 e. The summed E-state index contributed by atoms with van der Waals surface area (Å²) in [7, 11) is -4.40. The zero-order valence-corrected chi connectivity index (χ0v) is 58.8. The lowest BCUT2D eigenvalue weighted by Crippen LogP contribution is -2.29. The summed E-state index contributed by atoms with van der Waals surface area (Å²) in [5, 5.41) is 0. The van der Waals surface area contributed by atoms with E-state index in [1.807, 2.05) is 0 Å². The third kappa shape index (κ3) is 73.6. The third-order valence-electron chi connectivity index (χ3n) is 16.1. The standard InChI is InChI=1S/C79H140NO8P/c1-3-5-7-9-11-13-15-17-19-21-23-25-27-29-31-33-35-36-37-38-39-40-42-43-45-47-49-51-53-55-57-59-61-63-65-67-69-71-78(81)85-75-77(76-87-89(83,84)86-74-73-80)88-79(82)72-70-68-66-64-62-60-58-56-54-52-50-48-46-44-41-34-32-30-28-26-24-22-20-18-16-14-12-10-8-6-4-2/h6,8,12,14-15,17-18,20-21,23-24,26-27,29-30,32,41,44,77H,3-5,7,9-11,13,16,19,22,25,28,31,33-40,42-43,45-76,80H2,1-2H3,(H,83,84)/b8-6-,14-12-,17-15-,20-18-,23-21-,26-24-,29-27-,32-30-,44-41-. The second kappa shape index (κ2) is 73.7. The number of ether oxygens (including phenoxy) is 2. The van der Waals surface area contributed by atoms with E-state index < -0.39 is 26.5 Å². The number of allylic oxidation sites excluding steroid dienone is 18. The third-order valence-corrected chi connectivity index (χ3v) is 17.1. The molecule has 0 fully saturated rings. The summed E-state index contributed by atoms with van der Waals surface area (Å²) < 4.78 is 33.2. The molecule has 9 nitrogen and oxygen atoms in total. The molecule has 514 valence electrons. The molecule has 10 heteroatoms. The van der Waals surface area contributed by atoms with Crippen molar-refractivity contribution in [3.63, 3.8) is 0 Å². The lowest BCUT2D eigenvalue weighted by atomic mass is 10.0. The number of phosphoric ester groups is 1. The Labute approximate surface area is 549 Å². The van der Waals surface area contributed by atoms with E-state index in [2.05, 4.69) is 123 Å². The molecule has 0 spiro atoms. The Kier molecular flexibility index (Phi) is 71.0. The van der Waals surface area contributed by atoms with Gasteiger partial charge in [-0.1, -0.05) is 342 Å². The number of rotatable bonds is 70. The van der Waals surface area contributed by atoms with Crippen molar-refractivity contribution in [2.24, 2.45) is 5.73 Å². The normalized spacial score (nSPS) is 13.5. The number of hydrogen-bond donors (Lipinski definition) is 2. The van der Waals surface area contributed by atoms with Crippen LogP contribution in [0.3, 0.4) is 0 Å². The van der Waals surface area contributed by atoms with Crippen molar-refractivity contribution >= 4 is 19.8 Å². The van der Waals surface area contributed by atoms with Gasteiger partial charge in [0.25, 0.3) is 0 Å². The van der Waals surface area contributed by atoms with Crippen molar-refractivity contribution < 1.29 is 37.6 Å². The van der Waals surface area contributed by atoms with Gasteiger partial charge in [0, 0.05) is 19.4 Å². The Morgan fingerprint density at radius 1 is 0.348 bits per heavy atom. The Bertz CT molecular complexity index is 1830. The van der Waals surface area contributed by atoms with Gasteiger partial charge in [0.15, 0.2) is 6.10 Å². The Morgan fingerprint density at radius 3 is 0.921 bits per heavy atom. The SMILES string of the molecule is CC/C=C\C/C=C\C/C=C\C/C=C\C/C=C\C/C=C\CCCCCCCCCCCCCCC(=O)OC(COC(=O)CCCCCCCCCCCCCCCCCCCCCCCC/C=C\C/C=C\C/C=C\CCCCCCC)COP(=O)(O)OCCN. The molecule has 89 heavy (non-hydrogen) atoms. The Morgan fingerprint density at radius 2 is 0.618 bits per heavy atom. The van der Waals surface area contributed by atoms with E-state index in [1.165, 1.54) is 225 Å². The van der Waals surface area contributed by atoms with Crippen LogP contribution < -0.4 is 5.73 Å². The molecular weight excluding hydrogens is 1120 g/mol. The molecule has 0 bridgehead atoms. The fourth-order valence-corrected chi connectivity index (χ4v) is 11.4. The summed E-state index contributed by atoms with van der Waals surface area (Å²) in [6.45, 7) is 3.65. The predicted molar refractivity (Wildman–Crippen MR) is 385 cm³/mol. The smallest absolute Gasteiger partial charge is 0.462 e. The number of carbonyl (C=O) groups excluding carboxylic acids is 2. The van der Waals surface area contributed by atoms with Gasteiger partial charge in [-0.15, -0.1) is 0 Å². The maximum atomic E-state index is 12.8. The molecule has 0 amide bonds.